The standard InChI is InChI=1S/C69H108N12O12/c1-13-45(4)57-66(91)75(9)47(6)61(86)81-40-34-52(81)64(89)76(10)53(41-49-29-19-15-20-30-49)63(88)73(7)43-55(82)70-50(32-25-31-48-27-17-14-18-28-48)62(87)80-39-26-33-51(80)60(85)72-69(35-21-22-36-69)68(93)78(12)58(44(2)3)67(92)77(11)54(65(90)79-37-23-16-24-38-79)42-56(83)74(8)46(5)59(84)71-57/h14,17-18,27-28,44-47,49-54,57-58H,13,15-16,19-26,29-43H2,1-12H3,(H,70,82)(H,71,84)(H,72,85)/t45?,46-,47-,50-,51-,52-,53-,54-,57-,58-/m0/s1. The zero-order valence-electron chi connectivity index (χ0n) is 57.6. The van der Waals surface area contributed by atoms with Gasteiger partial charge < -0.3 is 60.0 Å². The summed E-state index contributed by atoms with van der Waals surface area (Å²) in [5.74, 6) is -7.55. The number of hydrogen-bond acceptors (Lipinski definition) is 12. The lowest BCUT2D eigenvalue weighted by Crippen LogP contribution is -2.65. The Morgan fingerprint density at radius 1 is 0.591 bits per heavy atom. The quantitative estimate of drug-likeness (QED) is 0.303. The van der Waals surface area contributed by atoms with Crippen LogP contribution in [0.25, 0.3) is 0 Å². The summed E-state index contributed by atoms with van der Waals surface area (Å²) < 4.78 is 0. The van der Waals surface area contributed by atoms with E-state index in [4.69, 9.17) is 0 Å². The van der Waals surface area contributed by atoms with Gasteiger partial charge >= 0.3 is 0 Å². The van der Waals surface area contributed by atoms with Gasteiger partial charge in [-0.3, -0.25) is 57.5 Å². The highest BCUT2D eigenvalue weighted by Gasteiger charge is 2.51. The van der Waals surface area contributed by atoms with Gasteiger partial charge in [-0.25, -0.2) is 0 Å². The molecule has 24 nitrogen and oxygen atoms in total. The van der Waals surface area contributed by atoms with Crippen molar-refractivity contribution in [1.29, 1.82) is 0 Å². The Hall–Kier alpha value is -7.14. The van der Waals surface area contributed by atoms with E-state index in [1.807, 2.05) is 37.3 Å². The van der Waals surface area contributed by atoms with E-state index in [-0.39, 0.29) is 44.7 Å². The molecule has 10 atom stereocenters. The summed E-state index contributed by atoms with van der Waals surface area (Å²) in [5.41, 5.74) is -0.447. The van der Waals surface area contributed by atoms with Crippen LogP contribution >= 0.6 is 0 Å². The van der Waals surface area contributed by atoms with Crippen LogP contribution in [-0.2, 0) is 64.0 Å². The molecule has 0 bridgehead atoms. The molecule has 0 aromatic heterocycles. The van der Waals surface area contributed by atoms with Gasteiger partial charge in [0.25, 0.3) is 0 Å². The van der Waals surface area contributed by atoms with E-state index in [0.717, 1.165) is 56.9 Å². The first kappa shape index (κ1) is 73.3. The number of rotatable bonds is 10. The number of aryl methyl sites for hydroxylation is 1. The first-order chi connectivity index (χ1) is 44.1. The number of likely N-dealkylation sites (tertiary alicyclic amines) is 1. The minimum Gasteiger partial charge on any atom is -0.343 e. The fourth-order valence-corrected chi connectivity index (χ4v) is 14.8. The van der Waals surface area contributed by atoms with E-state index in [1.165, 1.54) is 81.4 Å². The highest BCUT2D eigenvalue weighted by atomic mass is 16.2. The molecule has 12 amide bonds. The maximum absolute atomic E-state index is 15.3. The molecule has 4 aliphatic heterocycles. The van der Waals surface area contributed by atoms with Crippen molar-refractivity contribution in [3.05, 3.63) is 35.9 Å². The van der Waals surface area contributed by atoms with Crippen LogP contribution in [0.3, 0.4) is 0 Å². The average Bonchev–Trinajstić information content (AvgIpc) is 1.76. The second-order valence-electron chi connectivity index (χ2n) is 28.0. The number of likely N-dealkylation sites (N-methyl/N-ethyl adjacent to an activating group) is 6. The summed E-state index contributed by atoms with van der Waals surface area (Å²) in [5, 5.41) is 8.91. The van der Waals surface area contributed by atoms with Gasteiger partial charge in [0.1, 0.15) is 59.9 Å². The molecule has 1 spiro atoms. The molecule has 6 fully saturated rings. The van der Waals surface area contributed by atoms with Gasteiger partial charge in [0.05, 0.1) is 13.0 Å². The molecule has 2 aliphatic carbocycles. The van der Waals surface area contributed by atoms with Crippen LogP contribution in [0, 0.1) is 17.8 Å². The van der Waals surface area contributed by atoms with Crippen molar-refractivity contribution >= 4 is 70.9 Å². The molecule has 6 aliphatic rings. The number of carbonyl (C=O) groups is 12. The second-order valence-corrected chi connectivity index (χ2v) is 28.0. The SMILES string of the molecule is CCC(C)[C@@H]1NC(=O)[C@H](C)N(C)C(=O)C[C@@H](C(=O)N2CCCCC2)N(C)C(=O)[C@H](C(C)C)N(C)C(=O)C2(CCCC2)NC(=O)[C@@H]2CCCN2C(=O)[C@H](CCCc2ccccc2)NC(=O)CN(C)C(=O)[C@H](CC2CCCCC2)N(C)C(=O)[C@@H]2CCN2C(=O)[C@H](C)N(C)C1=O. The minimum absolute atomic E-state index is 0.105. The van der Waals surface area contributed by atoms with Crippen molar-refractivity contribution in [3.8, 4) is 0 Å². The Kier molecular flexibility index (Phi) is 25.9. The summed E-state index contributed by atoms with van der Waals surface area (Å²) in [6.45, 7) is 11.0. The number of amides is 12. The third kappa shape index (κ3) is 17.2. The van der Waals surface area contributed by atoms with Crippen LogP contribution in [0.2, 0.25) is 0 Å². The van der Waals surface area contributed by atoms with E-state index in [1.54, 1.807) is 39.6 Å². The van der Waals surface area contributed by atoms with Crippen LogP contribution in [-0.4, -0.2) is 250 Å². The zero-order valence-corrected chi connectivity index (χ0v) is 57.6. The van der Waals surface area contributed by atoms with Gasteiger partial charge in [-0.05, 0) is 114 Å². The molecule has 0 radical (unpaired) electrons. The van der Waals surface area contributed by atoms with E-state index in [2.05, 4.69) is 16.0 Å². The Morgan fingerprint density at radius 3 is 1.84 bits per heavy atom. The van der Waals surface area contributed by atoms with Gasteiger partial charge in [-0.1, -0.05) is 109 Å². The first-order valence-electron chi connectivity index (χ1n) is 34.6. The van der Waals surface area contributed by atoms with E-state index < -0.39 is 156 Å². The normalized spacial score (nSPS) is 28.7. The number of nitrogens with zero attached hydrogens (tertiary/aromatic N) is 9. The van der Waals surface area contributed by atoms with Crippen molar-refractivity contribution in [2.24, 2.45) is 17.8 Å². The van der Waals surface area contributed by atoms with Crippen molar-refractivity contribution < 1.29 is 57.5 Å². The Morgan fingerprint density at radius 2 is 1.23 bits per heavy atom. The highest BCUT2D eigenvalue weighted by molar-refractivity contribution is 6.01. The van der Waals surface area contributed by atoms with Crippen LogP contribution in [0.4, 0.5) is 0 Å². The highest BCUT2D eigenvalue weighted by Crippen LogP contribution is 2.35. The summed E-state index contributed by atoms with van der Waals surface area (Å²) in [6.07, 6.45) is 11.2. The summed E-state index contributed by atoms with van der Waals surface area (Å²) in [6, 6.07) is -0.405. The fraction of sp³-hybridized carbons (Fsp3) is 0.739. The molecule has 1 aromatic rings. The molecule has 4 saturated heterocycles. The molecule has 24 heteroatoms. The lowest BCUT2D eigenvalue weighted by molar-refractivity contribution is -0.160. The second kappa shape index (κ2) is 32.8. The van der Waals surface area contributed by atoms with Crippen LogP contribution in [0.1, 0.15) is 176 Å². The van der Waals surface area contributed by atoms with E-state index >= 15 is 14.4 Å². The van der Waals surface area contributed by atoms with Crippen LogP contribution in [0.15, 0.2) is 30.3 Å². The van der Waals surface area contributed by atoms with Gasteiger partial charge in [-0.15, -0.1) is 0 Å². The molecule has 3 N–H and O–H groups in total. The molecular weight excluding hydrogens is 1190 g/mol. The summed E-state index contributed by atoms with van der Waals surface area (Å²) in [7, 11) is 8.84. The number of fused-ring (bicyclic) bond motifs is 2. The summed E-state index contributed by atoms with van der Waals surface area (Å²) >= 11 is 0. The molecule has 4 heterocycles. The van der Waals surface area contributed by atoms with E-state index in [0.29, 0.717) is 64.5 Å². The van der Waals surface area contributed by atoms with Crippen molar-refractivity contribution in [2.45, 2.75) is 236 Å². The number of nitrogens with one attached hydrogen (secondary N) is 3. The predicted octanol–water partition coefficient (Wildman–Crippen LogP) is 3.72. The lowest BCUT2D eigenvalue weighted by Gasteiger charge is -2.45. The Balaban J connectivity index is 1.24. The maximum atomic E-state index is 15.3. The number of carbonyl (C=O) groups excluding carboxylic acids is 12. The van der Waals surface area contributed by atoms with Gasteiger partial charge in [-0.2, -0.15) is 0 Å². The van der Waals surface area contributed by atoms with Crippen molar-refractivity contribution in [2.75, 3.05) is 75.0 Å². The van der Waals surface area contributed by atoms with Crippen LogP contribution in [0.5, 0.6) is 0 Å². The largest absolute Gasteiger partial charge is 0.343 e. The molecule has 516 valence electrons. The first-order valence-corrected chi connectivity index (χ1v) is 34.6. The third-order valence-electron chi connectivity index (χ3n) is 21.4. The average molecular weight is 1300 g/mol. The molecule has 7 rings (SSSR count). The lowest BCUT2D eigenvalue weighted by atomic mass is 9.84. The molecule has 1 aromatic carbocycles. The molecule has 93 heavy (non-hydrogen) atoms. The molecule has 1 unspecified atom stereocenters. The topological polar surface area (TPSA) is 270 Å². The van der Waals surface area contributed by atoms with Gasteiger partial charge in [0.15, 0.2) is 0 Å². The molecule has 2 saturated carbocycles. The number of benzene rings is 1. The summed E-state index contributed by atoms with van der Waals surface area (Å²) in [4.78, 5) is 190. The molecular formula is C69H108N12O12. The number of hydrogen-bond donors (Lipinski definition) is 3. The predicted molar refractivity (Wildman–Crippen MR) is 350 cm³/mol. The third-order valence-corrected chi connectivity index (χ3v) is 21.4. The fourth-order valence-electron chi connectivity index (χ4n) is 14.8. The monoisotopic (exact) mass is 1300 g/mol. The van der Waals surface area contributed by atoms with Gasteiger partial charge in [0, 0.05) is 68.5 Å². The van der Waals surface area contributed by atoms with Gasteiger partial charge in [0.2, 0.25) is 70.9 Å². The van der Waals surface area contributed by atoms with Crippen LogP contribution < -0.4 is 16.0 Å². The smallest absolute Gasteiger partial charge is 0.248 e. The minimum atomic E-state index is -1.47. The van der Waals surface area contributed by atoms with Crippen molar-refractivity contribution in [1.82, 2.24) is 60.0 Å². The zero-order chi connectivity index (χ0) is 68.2. The Bertz CT molecular complexity index is 2860. The number of piperidine rings is 1. The maximum Gasteiger partial charge on any atom is 0.248 e. The Labute approximate surface area is 551 Å². The van der Waals surface area contributed by atoms with E-state index in [9.17, 15) is 43.2 Å². The van der Waals surface area contributed by atoms with Crippen molar-refractivity contribution in [3.63, 3.8) is 0 Å².